The average Bonchev–Trinajstić information content (AvgIpc) is 2.54. The molecule has 1 amide bonds. The van der Waals surface area contributed by atoms with Gasteiger partial charge in [-0.1, -0.05) is 31.5 Å². The van der Waals surface area contributed by atoms with Crippen LogP contribution in [0.5, 0.6) is 0 Å². The molecule has 1 aromatic heterocycles. The average molecular weight is 283 g/mol. The summed E-state index contributed by atoms with van der Waals surface area (Å²) in [6, 6.07) is 13.2. The molecule has 0 spiro atoms. The van der Waals surface area contributed by atoms with Crippen LogP contribution in [0.2, 0.25) is 0 Å². The van der Waals surface area contributed by atoms with Crippen molar-refractivity contribution in [3.63, 3.8) is 0 Å². The third-order valence-corrected chi connectivity index (χ3v) is 3.20. The normalized spacial score (nSPS) is 10.6. The number of nitrogens with one attached hydrogen (secondary N) is 1. The zero-order chi connectivity index (χ0) is 14.9. The van der Waals surface area contributed by atoms with E-state index in [-0.39, 0.29) is 5.91 Å². The van der Waals surface area contributed by atoms with E-state index in [0.717, 1.165) is 24.9 Å². The molecule has 0 bridgehead atoms. The molecule has 0 saturated heterocycles. The lowest BCUT2D eigenvalue weighted by Crippen LogP contribution is -2.42. The van der Waals surface area contributed by atoms with Crippen molar-refractivity contribution in [3.8, 4) is 0 Å². The van der Waals surface area contributed by atoms with Crippen LogP contribution >= 0.6 is 0 Å². The van der Waals surface area contributed by atoms with Crippen LogP contribution in [0.25, 0.3) is 0 Å². The van der Waals surface area contributed by atoms with Crippen LogP contribution in [0.1, 0.15) is 35.7 Å². The second-order valence-corrected chi connectivity index (χ2v) is 4.94. The Morgan fingerprint density at radius 3 is 2.52 bits per heavy atom. The molecular formula is C17H21N3O. The summed E-state index contributed by atoms with van der Waals surface area (Å²) in [5.41, 5.74) is 4.80. The highest BCUT2D eigenvalue weighted by Crippen LogP contribution is 2.05. The molecule has 1 aromatic carbocycles. The van der Waals surface area contributed by atoms with Crippen molar-refractivity contribution in [2.75, 3.05) is 6.54 Å². The monoisotopic (exact) mass is 283 g/mol. The zero-order valence-corrected chi connectivity index (χ0v) is 12.3. The molecule has 0 atom stereocenters. The van der Waals surface area contributed by atoms with Gasteiger partial charge in [-0.3, -0.25) is 15.2 Å². The molecule has 2 aromatic rings. The number of nitrogens with zero attached hydrogens (tertiary/aromatic N) is 2. The van der Waals surface area contributed by atoms with Gasteiger partial charge in [-0.15, -0.1) is 0 Å². The van der Waals surface area contributed by atoms with Gasteiger partial charge in [0.15, 0.2) is 0 Å². The largest absolute Gasteiger partial charge is 0.284 e. The molecule has 0 unspecified atom stereocenters. The number of amides is 1. The van der Waals surface area contributed by atoms with Crippen LogP contribution in [0.4, 0.5) is 0 Å². The van der Waals surface area contributed by atoms with Gasteiger partial charge in [0.05, 0.1) is 0 Å². The lowest BCUT2D eigenvalue weighted by atomic mass is 10.2. The third kappa shape index (κ3) is 5.00. The number of carbonyl (C=O) groups excluding carboxylic acids is 1. The first kappa shape index (κ1) is 15.2. The first-order valence-corrected chi connectivity index (χ1v) is 7.29. The van der Waals surface area contributed by atoms with E-state index in [1.807, 2.05) is 47.5 Å². The summed E-state index contributed by atoms with van der Waals surface area (Å²) in [5, 5.41) is 1.97. The predicted molar refractivity (Wildman–Crippen MR) is 83.5 cm³/mol. The molecule has 0 aliphatic carbocycles. The predicted octanol–water partition coefficient (Wildman–Crippen LogP) is 3.03. The molecule has 0 aliphatic heterocycles. The summed E-state index contributed by atoms with van der Waals surface area (Å²) in [7, 11) is 0. The summed E-state index contributed by atoms with van der Waals surface area (Å²) in [6.07, 6.45) is 5.67. The van der Waals surface area contributed by atoms with Crippen molar-refractivity contribution >= 4 is 5.91 Å². The van der Waals surface area contributed by atoms with Gasteiger partial charge in [-0.25, -0.2) is 5.01 Å². The van der Waals surface area contributed by atoms with Gasteiger partial charge in [0.2, 0.25) is 0 Å². The van der Waals surface area contributed by atoms with Crippen molar-refractivity contribution in [2.24, 2.45) is 0 Å². The molecule has 2 rings (SSSR count). The van der Waals surface area contributed by atoms with Gasteiger partial charge in [0, 0.05) is 31.0 Å². The fourth-order valence-electron chi connectivity index (χ4n) is 2.03. The van der Waals surface area contributed by atoms with Crippen LogP contribution in [-0.4, -0.2) is 22.4 Å². The minimum absolute atomic E-state index is 0.0687. The number of benzene rings is 1. The highest BCUT2D eigenvalue weighted by Gasteiger charge is 2.11. The van der Waals surface area contributed by atoms with E-state index in [9.17, 15) is 4.79 Å². The minimum Gasteiger partial charge on any atom is -0.284 e. The molecule has 1 N–H and O–H groups in total. The van der Waals surface area contributed by atoms with Crippen molar-refractivity contribution < 1.29 is 4.79 Å². The number of hydrogen-bond donors (Lipinski definition) is 1. The van der Waals surface area contributed by atoms with E-state index < -0.39 is 0 Å². The van der Waals surface area contributed by atoms with E-state index in [0.29, 0.717) is 12.1 Å². The Morgan fingerprint density at radius 2 is 1.86 bits per heavy atom. The van der Waals surface area contributed by atoms with Gasteiger partial charge in [0.25, 0.3) is 5.91 Å². The lowest BCUT2D eigenvalue weighted by molar-refractivity contribution is 0.0771. The van der Waals surface area contributed by atoms with E-state index in [4.69, 9.17) is 0 Å². The van der Waals surface area contributed by atoms with E-state index in [1.165, 1.54) is 0 Å². The maximum atomic E-state index is 12.2. The van der Waals surface area contributed by atoms with Crippen LogP contribution in [-0.2, 0) is 6.54 Å². The number of aromatic nitrogens is 1. The Labute approximate surface area is 125 Å². The molecule has 0 aliphatic rings. The highest BCUT2D eigenvalue weighted by atomic mass is 16.2. The number of hydrazine groups is 1. The van der Waals surface area contributed by atoms with Gasteiger partial charge in [-0.05, 0) is 36.2 Å². The van der Waals surface area contributed by atoms with Gasteiger partial charge >= 0.3 is 0 Å². The Kier molecular flexibility index (Phi) is 5.91. The fourth-order valence-corrected chi connectivity index (χ4v) is 2.03. The maximum Gasteiger partial charge on any atom is 0.265 e. The lowest BCUT2D eigenvalue weighted by Gasteiger charge is -2.23. The maximum absolute atomic E-state index is 12.2. The SMILES string of the molecule is CCCCN(Cc1ccncc1)NC(=O)c1ccccc1. The highest BCUT2D eigenvalue weighted by molar-refractivity contribution is 5.93. The summed E-state index contributed by atoms with van der Waals surface area (Å²) in [4.78, 5) is 16.3. The smallest absolute Gasteiger partial charge is 0.265 e. The standard InChI is InChI=1S/C17H21N3O/c1-2-3-13-20(14-15-9-11-18-12-10-15)19-17(21)16-7-5-4-6-8-16/h4-12H,2-3,13-14H2,1H3,(H,19,21). The Bertz CT molecular complexity index is 542. The van der Waals surface area contributed by atoms with Gasteiger partial charge in [0.1, 0.15) is 0 Å². The number of hydrogen-bond acceptors (Lipinski definition) is 3. The number of rotatable bonds is 7. The minimum atomic E-state index is -0.0687. The number of unbranched alkanes of at least 4 members (excludes halogenated alkanes) is 1. The Morgan fingerprint density at radius 1 is 1.14 bits per heavy atom. The van der Waals surface area contributed by atoms with E-state index in [2.05, 4.69) is 17.3 Å². The van der Waals surface area contributed by atoms with Crippen LogP contribution in [0.3, 0.4) is 0 Å². The van der Waals surface area contributed by atoms with Gasteiger partial charge in [-0.2, -0.15) is 0 Å². The van der Waals surface area contributed by atoms with Crippen LogP contribution in [0, 0.1) is 0 Å². The van der Waals surface area contributed by atoms with Crippen molar-refractivity contribution in [3.05, 3.63) is 66.0 Å². The first-order valence-electron chi connectivity index (χ1n) is 7.29. The Hall–Kier alpha value is -2.20. The molecule has 0 fully saturated rings. The third-order valence-electron chi connectivity index (χ3n) is 3.20. The summed E-state index contributed by atoms with van der Waals surface area (Å²) in [5.74, 6) is -0.0687. The van der Waals surface area contributed by atoms with Gasteiger partial charge < -0.3 is 0 Å². The second kappa shape index (κ2) is 8.17. The molecule has 21 heavy (non-hydrogen) atoms. The Balaban J connectivity index is 2.00. The van der Waals surface area contributed by atoms with E-state index in [1.54, 1.807) is 12.4 Å². The topological polar surface area (TPSA) is 45.2 Å². The van der Waals surface area contributed by atoms with Crippen molar-refractivity contribution in [1.82, 2.24) is 15.4 Å². The zero-order valence-electron chi connectivity index (χ0n) is 12.3. The molecular weight excluding hydrogens is 262 g/mol. The molecule has 4 heteroatoms. The summed E-state index contributed by atoms with van der Waals surface area (Å²) in [6.45, 7) is 3.65. The van der Waals surface area contributed by atoms with Crippen molar-refractivity contribution in [1.29, 1.82) is 0 Å². The number of pyridine rings is 1. The first-order chi connectivity index (χ1) is 10.3. The molecule has 0 radical (unpaired) electrons. The molecule has 4 nitrogen and oxygen atoms in total. The number of carbonyl (C=O) groups is 1. The summed E-state index contributed by atoms with van der Waals surface area (Å²) < 4.78 is 0. The molecule has 110 valence electrons. The summed E-state index contributed by atoms with van der Waals surface area (Å²) >= 11 is 0. The van der Waals surface area contributed by atoms with Crippen LogP contribution in [0.15, 0.2) is 54.9 Å². The van der Waals surface area contributed by atoms with Crippen molar-refractivity contribution in [2.45, 2.75) is 26.3 Å². The molecule has 1 heterocycles. The quantitative estimate of drug-likeness (QED) is 0.794. The molecule has 0 saturated carbocycles. The fraction of sp³-hybridized carbons (Fsp3) is 0.294. The van der Waals surface area contributed by atoms with E-state index >= 15 is 0 Å². The second-order valence-electron chi connectivity index (χ2n) is 4.94. The van der Waals surface area contributed by atoms with Crippen LogP contribution < -0.4 is 5.43 Å².